The van der Waals surface area contributed by atoms with Gasteiger partial charge in [0.1, 0.15) is 10.9 Å². The van der Waals surface area contributed by atoms with Crippen LogP contribution in [0.2, 0.25) is 0 Å². The van der Waals surface area contributed by atoms with Gasteiger partial charge < -0.3 is 10.2 Å². The summed E-state index contributed by atoms with van der Waals surface area (Å²) in [6.07, 6.45) is 0.950. The van der Waals surface area contributed by atoms with Gasteiger partial charge in [-0.2, -0.15) is 0 Å². The van der Waals surface area contributed by atoms with Crippen LogP contribution in [0.4, 0.5) is 0 Å². The molecule has 2 aromatic rings. The SMILES string of the molecule is CCCNC(=O)C(C)N(Cc1ccccc1)C(=O)CCCN1C(=O)c2ccccc2S1(=O)=O. The molecule has 1 aliphatic rings. The average molecular weight is 472 g/mol. The highest BCUT2D eigenvalue weighted by atomic mass is 32.2. The first-order valence-corrected chi connectivity index (χ1v) is 12.5. The van der Waals surface area contributed by atoms with E-state index in [9.17, 15) is 22.8 Å². The van der Waals surface area contributed by atoms with Crippen molar-refractivity contribution in [3.8, 4) is 0 Å². The third-order valence-electron chi connectivity index (χ3n) is 5.58. The molecular formula is C24H29N3O5S. The summed E-state index contributed by atoms with van der Waals surface area (Å²) in [5.41, 5.74) is 1.03. The number of fused-ring (bicyclic) bond motifs is 1. The van der Waals surface area contributed by atoms with Gasteiger partial charge in [0.15, 0.2) is 0 Å². The number of sulfonamides is 1. The number of hydrogen-bond donors (Lipinski definition) is 1. The Morgan fingerprint density at radius 3 is 2.39 bits per heavy atom. The Morgan fingerprint density at radius 1 is 1.06 bits per heavy atom. The Labute approximate surface area is 194 Å². The maximum Gasteiger partial charge on any atom is 0.269 e. The van der Waals surface area contributed by atoms with Gasteiger partial charge in [0.05, 0.1) is 5.56 Å². The molecule has 0 spiro atoms. The molecule has 8 nitrogen and oxygen atoms in total. The predicted molar refractivity (Wildman–Crippen MR) is 124 cm³/mol. The van der Waals surface area contributed by atoms with Crippen LogP contribution >= 0.6 is 0 Å². The highest BCUT2D eigenvalue weighted by Gasteiger charge is 2.40. The number of carbonyl (C=O) groups is 3. The van der Waals surface area contributed by atoms with Gasteiger partial charge in [-0.3, -0.25) is 14.4 Å². The first kappa shape index (κ1) is 24.4. The van der Waals surface area contributed by atoms with Gasteiger partial charge in [-0.15, -0.1) is 0 Å². The smallest absolute Gasteiger partial charge is 0.269 e. The molecule has 0 bridgehead atoms. The maximum absolute atomic E-state index is 13.1. The normalized spacial score (nSPS) is 15.1. The molecule has 0 fully saturated rings. The molecule has 2 aromatic carbocycles. The van der Waals surface area contributed by atoms with E-state index in [4.69, 9.17) is 0 Å². The number of rotatable bonds is 10. The molecule has 3 amide bonds. The molecule has 1 heterocycles. The Kier molecular flexibility index (Phi) is 7.86. The molecule has 1 atom stereocenters. The van der Waals surface area contributed by atoms with Crippen molar-refractivity contribution in [2.24, 2.45) is 0 Å². The Hall–Kier alpha value is -3.20. The molecule has 0 saturated heterocycles. The van der Waals surface area contributed by atoms with E-state index in [0.29, 0.717) is 6.54 Å². The van der Waals surface area contributed by atoms with E-state index in [2.05, 4.69) is 5.32 Å². The second-order valence-corrected chi connectivity index (χ2v) is 9.79. The zero-order chi connectivity index (χ0) is 24.0. The van der Waals surface area contributed by atoms with Crippen molar-refractivity contribution in [2.45, 2.75) is 50.6 Å². The van der Waals surface area contributed by atoms with Crippen LogP contribution < -0.4 is 5.32 Å². The quantitative estimate of drug-likeness (QED) is 0.574. The van der Waals surface area contributed by atoms with E-state index < -0.39 is 22.0 Å². The second kappa shape index (κ2) is 10.6. The number of nitrogens with zero attached hydrogens (tertiary/aromatic N) is 2. The molecule has 9 heteroatoms. The molecule has 1 N–H and O–H groups in total. The maximum atomic E-state index is 13.1. The van der Waals surface area contributed by atoms with Crippen molar-refractivity contribution in [3.63, 3.8) is 0 Å². The van der Waals surface area contributed by atoms with Crippen LogP contribution in [0.1, 0.15) is 49.0 Å². The monoisotopic (exact) mass is 471 g/mol. The molecule has 33 heavy (non-hydrogen) atoms. The Morgan fingerprint density at radius 2 is 1.73 bits per heavy atom. The summed E-state index contributed by atoms with van der Waals surface area (Å²) in [6, 6.07) is 14.7. The summed E-state index contributed by atoms with van der Waals surface area (Å²) in [7, 11) is -3.91. The lowest BCUT2D eigenvalue weighted by Gasteiger charge is -2.29. The second-order valence-electron chi connectivity index (χ2n) is 7.96. The van der Waals surface area contributed by atoms with Crippen LogP contribution in [0.25, 0.3) is 0 Å². The Balaban J connectivity index is 1.68. The van der Waals surface area contributed by atoms with Gasteiger partial charge in [-0.1, -0.05) is 49.4 Å². The topological polar surface area (TPSA) is 104 Å². The molecule has 1 unspecified atom stereocenters. The highest BCUT2D eigenvalue weighted by molar-refractivity contribution is 7.90. The van der Waals surface area contributed by atoms with Crippen LogP contribution in [-0.4, -0.2) is 54.5 Å². The van der Waals surface area contributed by atoms with E-state index in [1.807, 2.05) is 37.3 Å². The van der Waals surface area contributed by atoms with Gasteiger partial charge in [0.2, 0.25) is 11.8 Å². The molecule has 1 aliphatic heterocycles. The minimum absolute atomic E-state index is 0.00625. The van der Waals surface area contributed by atoms with Gasteiger partial charge in [0, 0.05) is 26.1 Å². The zero-order valence-electron chi connectivity index (χ0n) is 18.9. The molecule has 176 valence electrons. The van der Waals surface area contributed by atoms with Crippen molar-refractivity contribution in [1.82, 2.24) is 14.5 Å². The summed E-state index contributed by atoms with van der Waals surface area (Å²) in [5.74, 6) is -1.10. The molecule has 3 rings (SSSR count). The summed E-state index contributed by atoms with van der Waals surface area (Å²) in [6.45, 7) is 4.30. The largest absolute Gasteiger partial charge is 0.354 e. The molecule has 0 radical (unpaired) electrons. The van der Waals surface area contributed by atoms with Gasteiger partial charge >= 0.3 is 0 Å². The predicted octanol–water partition coefficient (Wildman–Crippen LogP) is 2.55. The average Bonchev–Trinajstić information content (AvgIpc) is 3.01. The molecular weight excluding hydrogens is 442 g/mol. The van der Waals surface area contributed by atoms with Crippen LogP contribution in [0, 0.1) is 0 Å². The number of carbonyl (C=O) groups excluding carboxylic acids is 3. The minimum atomic E-state index is -3.91. The lowest BCUT2D eigenvalue weighted by atomic mass is 10.1. The summed E-state index contributed by atoms with van der Waals surface area (Å²) in [4.78, 5) is 39.7. The van der Waals surface area contributed by atoms with Crippen molar-refractivity contribution in [3.05, 3.63) is 65.7 Å². The van der Waals surface area contributed by atoms with Crippen molar-refractivity contribution in [2.75, 3.05) is 13.1 Å². The zero-order valence-corrected chi connectivity index (χ0v) is 19.7. The summed E-state index contributed by atoms with van der Waals surface area (Å²) in [5, 5.41) is 2.82. The third-order valence-corrected chi connectivity index (χ3v) is 7.42. The van der Waals surface area contributed by atoms with Crippen LogP contribution in [0.3, 0.4) is 0 Å². The molecule has 0 aromatic heterocycles. The summed E-state index contributed by atoms with van der Waals surface area (Å²) < 4.78 is 26.2. The van der Waals surface area contributed by atoms with Crippen LogP contribution in [-0.2, 0) is 26.2 Å². The van der Waals surface area contributed by atoms with Gasteiger partial charge in [-0.05, 0) is 37.5 Å². The first-order valence-electron chi connectivity index (χ1n) is 11.0. The lowest BCUT2D eigenvalue weighted by molar-refractivity contribution is -0.140. The van der Waals surface area contributed by atoms with Crippen molar-refractivity contribution >= 4 is 27.7 Å². The fourth-order valence-corrected chi connectivity index (χ4v) is 5.34. The highest BCUT2D eigenvalue weighted by Crippen LogP contribution is 2.30. The number of benzene rings is 2. The van der Waals surface area contributed by atoms with Crippen molar-refractivity contribution < 1.29 is 22.8 Å². The summed E-state index contributed by atoms with van der Waals surface area (Å²) >= 11 is 0. The number of nitrogens with one attached hydrogen (secondary N) is 1. The van der Waals surface area contributed by atoms with Crippen LogP contribution in [0.15, 0.2) is 59.5 Å². The van der Waals surface area contributed by atoms with Gasteiger partial charge in [0.25, 0.3) is 15.9 Å². The first-order chi connectivity index (χ1) is 15.8. The minimum Gasteiger partial charge on any atom is -0.354 e. The van der Waals surface area contributed by atoms with E-state index in [1.54, 1.807) is 19.1 Å². The third kappa shape index (κ3) is 5.42. The van der Waals surface area contributed by atoms with Crippen molar-refractivity contribution in [1.29, 1.82) is 0 Å². The standard InChI is InChI=1S/C24H29N3O5S/c1-3-15-25-23(29)18(2)26(17-19-10-5-4-6-11-19)22(28)14-9-16-27-24(30)20-12-7-8-13-21(20)33(27,31)32/h4-8,10-13,18H,3,9,14-17H2,1-2H3,(H,25,29). The van der Waals surface area contributed by atoms with E-state index in [1.165, 1.54) is 17.0 Å². The molecule has 0 aliphatic carbocycles. The fourth-order valence-electron chi connectivity index (χ4n) is 3.73. The molecule has 0 saturated carbocycles. The fraction of sp³-hybridized carbons (Fsp3) is 0.375. The van der Waals surface area contributed by atoms with Gasteiger partial charge in [-0.25, -0.2) is 12.7 Å². The van der Waals surface area contributed by atoms with Crippen LogP contribution in [0.5, 0.6) is 0 Å². The number of amides is 3. The van der Waals surface area contributed by atoms with E-state index >= 15 is 0 Å². The number of hydrogen-bond acceptors (Lipinski definition) is 5. The van der Waals surface area contributed by atoms with E-state index in [-0.39, 0.29) is 48.2 Å². The Bertz CT molecular complexity index is 1120. The van der Waals surface area contributed by atoms with E-state index in [0.717, 1.165) is 16.3 Å². The lowest BCUT2D eigenvalue weighted by Crippen LogP contribution is -2.47.